The van der Waals surface area contributed by atoms with Gasteiger partial charge in [-0.25, -0.2) is 0 Å². The Hall–Kier alpha value is -1.18. The lowest BCUT2D eigenvalue weighted by atomic mass is 9.96. The van der Waals surface area contributed by atoms with E-state index in [4.69, 9.17) is 5.73 Å². The predicted molar refractivity (Wildman–Crippen MR) is 85.3 cm³/mol. The lowest BCUT2D eigenvalue weighted by molar-refractivity contribution is -0.131. The van der Waals surface area contributed by atoms with Crippen molar-refractivity contribution >= 4 is 11.8 Å². The predicted octanol–water partition coefficient (Wildman–Crippen LogP) is -1.45. The molecule has 126 valence electrons. The Morgan fingerprint density at radius 3 is 2.14 bits per heavy atom. The lowest BCUT2D eigenvalue weighted by Crippen LogP contribution is -2.52. The highest BCUT2D eigenvalue weighted by Crippen LogP contribution is 2.19. The second kappa shape index (κ2) is 8.45. The fourth-order valence-electron chi connectivity index (χ4n) is 3.30. The van der Waals surface area contributed by atoms with E-state index >= 15 is 0 Å². The third-order valence-electron chi connectivity index (χ3n) is 4.71. The van der Waals surface area contributed by atoms with E-state index in [1.165, 1.54) is 0 Å². The minimum atomic E-state index is 0.0649. The van der Waals surface area contributed by atoms with Crippen LogP contribution in [-0.4, -0.2) is 92.5 Å². The zero-order valence-electron chi connectivity index (χ0n) is 13.6. The molecule has 0 atom stereocenters. The first-order valence-corrected chi connectivity index (χ1v) is 8.26. The number of hydrogen-bond donors (Lipinski definition) is 2. The Morgan fingerprint density at radius 2 is 1.59 bits per heavy atom. The van der Waals surface area contributed by atoms with Crippen molar-refractivity contribution in [3.63, 3.8) is 0 Å². The first-order chi connectivity index (χ1) is 10.6. The average molecular weight is 311 g/mol. The van der Waals surface area contributed by atoms with E-state index in [9.17, 15) is 9.59 Å². The lowest BCUT2D eigenvalue weighted by Gasteiger charge is -2.38. The van der Waals surface area contributed by atoms with Crippen LogP contribution in [0.2, 0.25) is 0 Å². The second-order valence-corrected chi connectivity index (χ2v) is 6.24. The number of amides is 2. The molecule has 0 unspecified atom stereocenters. The fraction of sp³-hybridized carbons (Fsp3) is 0.867. The third-order valence-corrected chi connectivity index (χ3v) is 4.71. The van der Waals surface area contributed by atoms with Crippen LogP contribution in [-0.2, 0) is 9.59 Å². The summed E-state index contributed by atoms with van der Waals surface area (Å²) in [5.74, 6) is 0.909. The van der Waals surface area contributed by atoms with Crippen molar-refractivity contribution in [2.75, 3.05) is 66.0 Å². The van der Waals surface area contributed by atoms with Crippen LogP contribution in [0, 0.1) is 5.92 Å². The van der Waals surface area contributed by atoms with Gasteiger partial charge in [0, 0.05) is 45.8 Å². The highest BCUT2D eigenvalue weighted by Gasteiger charge is 2.26. The Kier molecular flexibility index (Phi) is 6.60. The Morgan fingerprint density at radius 1 is 1.00 bits per heavy atom. The van der Waals surface area contributed by atoms with Crippen molar-refractivity contribution in [2.24, 2.45) is 11.7 Å². The minimum Gasteiger partial charge on any atom is -0.342 e. The fourth-order valence-corrected chi connectivity index (χ4v) is 3.30. The summed E-state index contributed by atoms with van der Waals surface area (Å²) in [6, 6.07) is 0. The van der Waals surface area contributed by atoms with Crippen molar-refractivity contribution in [1.29, 1.82) is 0 Å². The maximum absolute atomic E-state index is 11.8. The highest BCUT2D eigenvalue weighted by atomic mass is 16.2. The molecule has 7 nitrogen and oxygen atoms in total. The van der Waals surface area contributed by atoms with Gasteiger partial charge in [-0.15, -0.1) is 0 Å². The molecule has 0 aromatic rings. The molecule has 7 heteroatoms. The summed E-state index contributed by atoms with van der Waals surface area (Å²) in [4.78, 5) is 29.7. The van der Waals surface area contributed by atoms with E-state index in [2.05, 4.69) is 10.2 Å². The summed E-state index contributed by atoms with van der Waals surface area (Å²) in [7, 11) is 1.80. The number of carbonyl (C=O) groups excluding carboxylic acids is 2. The molecule has 3 N–H and O–H groups in total. The maximum Gasteiger partial charge on any atom is 0.236 e. The molecule has 0 spiro atoms. The van der Waals surface area contributed by atoms with Gasteiger partial charge >= 0.3 is 0 Å². The van der Waals surface area contributed by atoms with Gasteiger partial charge in [0.1, 0.15) is 0 Å². The highest BCUT2D eigenvalue weighted by molar-refractivity contribution is 5.78. The maximum atomic E-state index is 11.8. The largest absolute Gasteiger partial charge is 0.342 e. The van der Waals surface area contributed by atoms with E-state index in [-0.39, 0.29) is 18.4 Å². The number of nitrogens with zero attached hydrogens (tertiary/aromatic N) is 3. The quantitative estimate of drug-likeness (QED) is 0.649. The van der Waals surface area contributed by atoms with Crippen molar-refractivity contribution in [1.82, 2.24) is 20.0 Å². The molecular formula is C15H29N5O2. The molecule has 2 rings (SSSR count). The summed E-state index contributed by atoms with van der Waals surface area (Å²) in [6.45, 7) is 6.85. The van der Waals surface area contributed by atoms with E-state index in [1.807, 2.05) is 9.80 Å². The Labute approximate surface area is 132 Å². The standard InChI is InChI=1S/C15H29N5O2/c1-17-11-15(22)20-8-6-18(7-9-20)12-13-2-4-19(5-3-13)14(21)10-16/h13,17H,2-12,16H2,1H3. The van der Waals surface area contributed by atoms with Gasteiger partial charge in [-0.2, -0.15) is 0 Å². The monoisotopic (exact) mass is 311 g/mol. The molecule has 0 radical (unpaired) electrons. The van der Waals surface area contributed by atoms with Gasteiger partial charge in [0.2, 0.25) is 11.8 Å². The molecule has 2 aliphatic rings. The number of rotatable bonds is 5. The Balaban J connectivity index is 1.67. The third kappa shape index (κ3) is 4.66. The van der Waals surface area contributed by atoms with Gasteiger partial charge in [-0.3, -0.25) is 14.5 Å². The molecule has 0 aromatic carbocycles. The van der Waals surface area contributed by atoms with Gasteiger partial charge < -0.3 is 20.9 Å². The van der Waals surface area contributed by atoms with Crippen LogP contribution in [0.15, 0.2) is 0 Å². The first-order valence-electron chi connectivity index (χ1n) is 8.26. The zero-order valence-corrected chi connectivity index (χ0v) is 13.6. The summed E-state index contributed by atoms with van der Waals surface area (Å²) in [6.07, 6.45) is 2.12. The van der Waals surface area contributed by atoms with Gasteiger partial charge in [-0.05, 0) is 25.8 Å². The molecule has 2 heterocycles. The normalized spacial score (nSPS) is 21.2. The average Bonchev–Trinajstić information content (AvgIpc) is 2.55. The molecule has 0 aliphatic carbocycles. The number of piperidine rings is 1. The van der Waals surface area contributed by atoms with Crippen LogP contribution in [0.5, 0.6) is 0 Å². The first kappa shape index (κ1) is 17.2. The SMILES string of the molecule is CNCC(=O)N1CCN(CC2CCN(C(=O)CN)CC2)CC1. The topological polar surface area (TPSA) is 81.9 Å². The summed E-state index contributed by atoms with van der Waals surface area (Å²) in [5, 5.41) is 2.91. The number of nitrogens with two attached hydrogens (primary N) is 1. The molecule has 2 saturated heterocycles. The molecule has 0 aromatic heterocycles. The van der Waals surface area contributed by atoms with Crippen LogP contribution >= 0.6 is 0 Å². The molecular weight excluding hydrogens is 282 g/mol. The number of likely N-dealkylation sites (tertiary alicyclic amines) is 1. The van der Waals surface area contributed by atoms with Crippen LogP contribution in [0.1, 0.15) is 12.8 Å². The number of piperazine rings is 1. The van der Waals surface area contributed by atoms with Crippen molar-refractivity contribution < 1.29 is 9.59 Å². The molecule has 0 saturated carbocycles. The number of likely N-dealkylation sites (N-methyl/N-ethyl adjacent to an activating group) is 1. The van der Waals surface area contributed by atoms with Crippen LogP contribution in [0.25, 0.3) is 0 Å². The summed E-state index contributed by atoms with van der Waals surface area (Å²) in [5.41, 5.74) is 5.41. The van der Waals surface area contributed by atoms with Crippen molar-refractivity contribution in [2.45, 2.75) is 12.8 Å². The summed E-state index contributed by atoms with van der Waals surface area (Å²) < 4.78 is 0. The van der Waals surface area contributed by atoms with E-state index in [1.54, 1.807) is 7.05 Å². The molecule has 2 fully saturated rings. The number of nitrogens with one attached hydrogen (secondary N) is 1. The van der Waals surface area contributed by atoms with E-state index in [0.717, 1.165) is 58.7 Å². The van der Waals surface area contributed by atoms with E-state index in [0.29, 0.717) is 12.5 Å². The van der Waals surface area contributed by atoms with Crippen molar-refractivity contribution in [3.05, 3.63) is 0 Å². The second-order valence-electron chi connectivity index (χ2n) is 6.24. The minimum absolute atomic E-state index is 0.0649. The van der Waals surface area contributed by atoms with Crippen LogP contribution in [0.4, 0.5) is 0 Å². The van der Waals surface area contributed by atoms with Crippen LogP contribution in [0.3, 0.4) is 0 Å². The van der Waals surface area contributed by atoms with E-state index < -0.39 is 0 Å². The number of hydrogen-bond acceptors (Lipinski definition) is 5. The van der Waals surface area contributed by atoms with Gasteiger partial charge in [-0.1, -0.05) is 0 Å². The Bertz CT molecular complexity index is 374. The molecule has 0 bridgehead atoms. The van der Waals surface area contributed by atoms with Crippen LogP contribution < -0.4 is 11.1 Å². The zero-order chi connectivity index (χ0) is 15.9. The van der Waals surface area contributed by atoms with Gasteiger partial charge in [0.05, 0.1) is 13.1 Å². The molecule has 2 aliphatic heterocycles. The number of carbonyl (C=O) groups is 2. The summed E-state index contributed by atoms with van der Waals surface area (Å²) >= 11 is 0. The van der Waals surface area contributed by atoms with Gasteiger partial charge in [0.15, 0.2) is 0 Å². The molecule has 2 amide bonds. The smallest absolute Gasteiger partial charge is 0.236 e. The molecule has 22 heavy (non-hydrogen) atoms. The van der Waals surface area contributed by atoms with Crippen molar-refractivity contribution in [3.8, 4) is 0 Å². The van der Waals surface area contributed by atoms with Gasteiger partial charge in [0.25, 0.3) is 0 Å².